The van der Waals surface area contributed by atoms with Crippen molar-refractivity contribution in [1.82, 2.24) is 29.6 Å². The lowest BCUT2D eigenvalue weighted by Gasteiger charge is -2.28. The number of fused-ring (bicyclic) bond motifs is 1. The molecular formula is C17H15ClN6O. The Labute approximate surface area is 149 Å². The minimum atomic E-state index is -0.0969. The average Bonchev–Trinajstić information content (AvgIpc) is 3.05. The van der Waals surface area contributed by atoms with E-state index in [1.807, 2.05) is 17.6 Å². The molecule has 25 heavy (non-hydrogen) atoms. The van der Waals surface area contributed by atoms with Crippen LogP contribution in [0.4, 0.5) is 0 Å². The molecule has 0 unspecified atom stereocenters. The summed E-state index contributed by atoms with van der Waals surface area (Å²) in [6.07, 6.45) is 4.89. The van der Waals surface area contributed by atoms with Gasteiger partial charge < -0.3 is 9.47 Å². The molecule has 1 aromatic carbocycles. The molecule has 126 valence electrons. The van der Waals surface area contributed by atoms with Gasteiger partial charge in [0.1, 0.15) is 5.69 Å². The molecule has 3 heterocycles. The van der Waals surface area contributed by atoms with Gasteiger partial charge in [-0.25, -0.2) is 4.98 Å². The van der Waals surface area contributed by atoms with Crippen molar-refractivity contribution in [3.8, 4) is 11.5 Å². The third-order valence-corrected chi connectivity index (χ3v) is 4.50. The fourth-order valence-corrected chi connectivity index (χ4v) is 3.21. The lowest BCUT2D eigenvalue weighted by atomic mass is 10.1. The van der Waals surface area contributed by atoms with Crippen LogP contribution in [0.15, 0.2) is 36.8 Å². The highest BCUT2D eigenvalue weighted by Gasteiger charge is 2.27. The summed E-state index contributed by atoms with van der Waals surface area (Å²) in [6.45, 7) is 3.48. The van der Waals surface area contributed by atoms with Gasteiger partial charge in [-0.2, -0.15) is 0 Å². The van der Waals surface area contributed by atoms with E-state index in [-0.39, 0.29) is 5.91 Å². The normalized spacial score (nSPS) is 13.6. The number of carbonyl (C=O) groups is 1. The fourth-order valence-electron chi connectivity index (χ4n) is 2.90. The number of aromatic nitrogens is 5. The number of nitrogens with zero attached hydrogens (tertiary/aromatic N) is 6. The molecule has 1 aliphatic rings. The number of hydrogen-bond donors (Lipinski definition) is 0. The molecule has 3 aromatic rings. The van der Waals surface area contributed by atoms with Gasteiger partial charge in [0, 0.05) is 25.5 Å². The maximum Gasteiger partial charge on any atom is 0.255 e. The zero-order valence-corrected chi connectivity index (χ0v) is 14.3. The number of benzene rings is 1. The summed E-state index contributed by atoms with van der Waals surface area (Å²) in [5.41, 5.74) is 2.20. The van der Waals surface area contributed by atoms with Crippen LogP contribution in [0.25, 0.3) is 11.5 Å². The second kappa shape index (κ2) is 6.25. The first-order chi connectivity index (χ1) is 12.1. The van der Waals surface area contributed by atoms with Crippen molar-refractivity contribution >= 4 is 17.5 Å². The van der Waals surface area contributed by atoms with Crippen LogP contribution in [0.1, 0.15) is 21.7 Å². The van der Waals surface area contributed by atoms with Crippen molar-refractivity contribution in [2.24, 2.45) is 0 Å². The van der Waals surface area contributed by atoms with Crippen LogP contribution in [-0.2, 0) is 13.1 Å². The van der Waals surface area contributed by atoms with Gasteiger partial charge in [0.05, 0.1) is 23.3 Å². The number of amides is 1. The van der Waals surface area contributed by atoms with E-state index in [9.17, 15) is 4.79 Å². The van der Waals surface area contributed by atoms with Crippen molar-refractivity contribution in [2.75, 3.05) is 6.54 Å². The smallest absolute Gasteiger partial charge is 0.255 e. The molecule has 0 saturated carbocycles. The quantitative estimate of drug-likeness (QED) is 0.706. The summed E-state index contributed by atoms with van der Waals surface area (Å²) in [4.78, 5) is 22.9. The Hall–Kier alpha value is -2.80. The van der Waals surface area contributed by atoms with Gasteiger partial charge in [0.2, 0.25) is 0 Å². The molecule has 0 N–H and O–H groups in total. The van der Waals surface area contributed by atoms with Gasteiger partial charge in [0.15, 0.2) is 11.6 Å². The summed E-state index contributed by atoms with van der Waals surface area (Å²) in [7, 11) is 0. The Morgan fingerprint density at radius 2 is 2.08 bits per heavy atom. The zero-order chi connectivity index (χ0) is 17.4. The van der Waals surface area contributed by atoms with Crippen LogP contribution in [0.5, 0.6) is 0 Å². The predicted molar refractivity (Wildman–Crippen MR) is 92.0 cm³/mol. The Morgan fingerprint density at radius 1 is 1.20 bits per heavy atom. The van der Waals surface area contributed by atoms with Gasteiger partial charge in [-0.15, -0.1) is 10.2 Å². The lowest BCUT2D eigenvalue weighted by Crippen LogP contribution is -2.38. The molecular weight excluding hydrogens is 340 g/mol. The molecule has 0 fully saturated rings. The first-order valence-electron chi connectivity index (χ1n) is 7.87. The first kappa shape index (κ1) is 15.7. The van der Waals surface area contributed by atoms with E-state index < -0.39 is 0 Å². The van der Waals surface area contributed by atoms with E-state index in [2.05, 4.69) is 20.2 Å². The van der Waals surface area contributed by atoms with Crippen LogP contribution in [0, 0.1) is 6.92 Å². The summed E-state index contributed by atoms with van der Waals surface area (Å²) >= 11 is 6.23. The third kappa shape index (κ3) is 2.87. The van der Waals surface area contributed by atoms with E-state index in [1.165, 1.54) is 0 Å². The number of halogens is 1. The standard InChI is InChI=1S/C17H15ClN6O/c1-11-2-3-12(13(18)8-11)17(25)23-6-7-24-15(10-23)21-22-16(24)14-9-19-4-5-20-14/h2-5,8-9H,6-7,10H2,1H3. The molecule has 8 heteroatoms. The minimum Gasteiger partial charge on any atom is -0.329 e. The molecule has 0 atom stereocenters. The number of hydrogen-bond acceptors (Lipinski definition) is 5. The Morgan fingerprint density at radius 3 is 2.84 bits per heavy atom. The van der Waals surface area contributed by atoms with Crippen molar-refractivity contribution in [3.63, 3.8) is 0 Å². The van der Waals surface area contributed by atoms with Gasteiger partial charge in [-0.05, 0) is 24.6 Å². The summed E-state index contributed by atoms with van der Waals surface area (Å²) in [5.74, 6) is 1.30. The van der Waals surface area contributed by atoms with E-state index in [0.29, 0.717) is 41.7 Å². The lowest BCUT2D eigenvalue weighted by molar-refractivity contribution is 0.0708. The van der Waals surface area contributed by atoms with Crippen LogP contribution in [0.3, 0.4) is 0 Å². The highest BCUT2D eigenvalue weighted by molar-refractivity contribution is 6.33. The van der Waals surface area contributed by atoms with E-state index in [1.54, 1.807) is 35.6 Å². The number of rotatable bonds is 2. The molecule has 0 bridgehead atoms. The van der Waals surface area contributed by atoms with Crippen molar-refractivity contribution in [2.45, 2.75) is 20.0 Å². The molecule has 4 rings (SSSR count). The monoisotopic (exact) mass is 354 g/mol. The summed E-state index contributed by atoms with van der Waals surface area (Å²) in [6, 6.07) is 5.45. The molecule has 2 aromatic heterocycles. The predicted octanol–water partition coefficient (Wildman–Crippen LogP) is 2.35. The third-order valence-electron chi connectivity index (χ3n) is 4.19. The number of carbonyl (C=O) groups excluding carboxylic acids is 1. The second-order valence-corrected chi connectivity index (χ2v) is 6.30. The van der Waals surface area contributed by atoms with Crippen molar-refractivity contribution in [3.05, 3.63) is 58.8 Å². The van der Waals surface area contributed by atoms with Crippen LogP contribution in [-0.4, -0.2) is 42.1 Å². The molecule has 1 aliphatic heterocycles. The largest absolute Gasteiger partial charge is 0.329 e. The van der Waals surface area contributed by atoms with E-state index in [4.69, 9.17) is 11.6 Å². The Bertz CT molecular complexity index is 940. The molecule has 0 aliphatic carbocycles. The number of aryl methyl sites for hydroxylation is 1. The van der Waals surface area contributed by atoms with Crippen LogP contribution < -0.4 is 0 Å². The maximum absolute atomic E-state index is 12.8. The average molecular weight is 355 g/mol. The van der Waals surface area contributed by atoms with Gasteiger partial charge in [-0.3, -0.25) is 9.78 Å². The fraction of sp³-hybridized carbons (Fsp3) is 0.235. The van der Waals surface area contributed by atoms with Gasteiger partial charge in [0.25, 0.3) is 5.91 Å². The molecule has 7 nitrogen and oxygen atoms in total. The van der Waals surface area contributed by atoms with Gasteiger partial charge in [-0.1, -0.05) is 17.7 Å². The topological polar surface area (TPSA) is 76.8 Å². The van der Waals surface area contributed by atoms with Gasteiger partial charge >= 0.3 is 0 Å². The zero-order valence-electron chi connectivity index (χ0n) is 13.6. The Balaban J connectivity index is 1.60. The van der Waals surface area contributed by atoms with Crippen molar-refractivity contribution in [1.29, 1.82) is 0 Å². The molecule has 0 spiro atoms. The SMILES string of the molecule is Cc1ccc(C(=O)N2CCn3c(nnc3-c3cnccn3)C2)c(Cl)c1. The van der Waals surface area contributed by atoms with E-state index in [0.717, 1.165) is 11.4 Å². The first-order valence-corrected chi connectivity index (χ1v) is 8.25. The minimum absolute atomic E-state index is 0.0969. The van der Waals surface area contributed by atoms with Crippen LogP contribution >= 0.6 is 11.6 Å². The Kier molecular flexibility index (Phi) is 3.93. The highest BCUT2D eigenvalue weighted by atomic mass is 35.5. The highest BCUT2D eigenvalue weighted by Crippen LogP contribution is 2.23. The summed E-state index contributed by atoms with van der Waals surface area (Å²) in [5, 5.41) is 8.89. The second-order valence-electron chi connectivity index (χ2n) is 5.89. The summed E-state index contributed by atoms with van der Waals surface area (Å²) < 4.78 is 1.98. The molecule has 0 saturated heterocycles. The molecule has 1 amide bonds. The van der Waals surface area contributed by atoms with E-state index >= 15 is 0 Å². The van der Waals surface area contributed by atoms with Crippen LogP contribution in [0.2, 0.25) is 5.02 Å². The molecule has 0 radical (unpaired) electrons. The van der Waals surface area contributed by atoms with Crippen molar-refractivity contribution < 1.29 is 4.79 Å². The maximum atomic E-state index is 12.8.